The van der Waals surface area contributed by atoms with Crippen LogP contribution in [0.2, 0.25) is 0 Å². The Morgan fingerprint density at radius 1 is 1.60 bits per heavy atom. The van der Waals surface area contributed by atoms with Gasteiger partial charge in [0, 0.05) is 6.04 Å². The summed E-state index contributed by atoms with van der Waals surface area (Å²) in [5.41, 5.74) is 6.80. The number of rotatable bonds is 2. The van der Waals surface area contributed by atoms with E-state index in [1.807, 2.05) is 31.2 Å². The van der Waals surface area contributed by atoms with E-state index in [-0.39, 0.29) is 6.04 Å². The first kappa shape index (κ1) is 7.29. The topological polar surface area (TPSA) is 26.0 Å². The molecule has 0 aliphatic rings. The molecule has 0 aliphatic heterocycles. The maximum absolute atomic E-state index is 5.60. The first-order valence-corrected chi connectivity index (χ1v) is 3.50. The highest BCUT2D eigenvalue weighted by molar-refractivity contribution is 5.13. The van der Waals surface area contributed by atoms with E-state index in [0.29, 0.717) is 0 Å². The summed E-state index contributed by atoms with van der Waals surface area (Å²) >= 11 is 0. The quantitative estimate of drug-likeness (QED) is 0.649. The van der Waals surface area contributed by atoms with Gasteiger partial charge in [0.25, 0.3) is 0 Å². The molecule has 53 valence electrons. The first-order valence-electron chi connectivity index (χ1n) is 3.50. The standard InChI is InChI=1S/C9H12N/c1-8(10)7-9-5-3-2-4-6-9/h2-5,8H,7,10H2,1H3/t8-/m1/s1. The Labute approximate surface area is 61.9 Å². The molecule has 0 bridgehead atoms. The largest absolute Gasteiger partial charge is 0.328 e. The molecule has 0 fully saturated rings. The van der Waals surface area contributed by atoms with E-state index in [4.69, 9.17) is 5.73 Å². The molecule has 0 aromatic heterocycles. The van der Waals surface area contributed by atoms with Crippen molar-refractivity contribution in [3.63, 3.8) is 0 Å². The zero-order valence-corrected chi connectivity index (χ0v) is 6.17. The molecule has 0 unspecified atom stereocenters. The van der Waals surface area contributed by atoms with E-state index in [1.165, 1.54) is 5.56 Å². The van der Waals surface area contributed by atoms with Gasteiger partial charge < -0.3 is 5.73 Å². The molecular formula is C9H12N. The molecule has 1 radical (unpaired) electrons. The van der Waals surface area contributed by atoms with Crippen LogP contribution in [0.5, 0.6) is 0 Å². The molecule has 10 heavy (non-hydrogen) atoms. The van der Waals surface area contributed by atoms with Gasteiger partial charge in [-0.3, -0.25) is 0 Å². The highest BCUT2D eigenvalue weighted by Gasteiger charge is 1.94. The summed E-state index contributed by atoms with van der Waals surface area (Å²) in [7, 11) is 0. The van der Waals surface area contributed by atoms with E-state index in [9.17, 15) is 0 Å². The minimum Gasteiger partial charge on any atom is -0.328 e. The predicted molar refractivity (Wildman–Crippen MR) is 42.6 cm³/mol. The fourth-order valence-electron chi connectivity index (χ4n) is 0.904. The van der Waals surface area contributed by atoms with Crippen LogP contribution in [0, 0.1) is 6.07 Å². The lowest BCUT2D eigenvalue weighted by molar-refractivity contribution is 0.737. The number of nitrogens with two attached hydrogens (primary N) is 1. The molecule has 0 saturated heterocycles. The fraction of sp³-hybridized carbons (Fsp3) is 0.333. The second-order valence-electron chi connectivity index (χ2n) is 2.57. The SMILES string of the molecule is C[C@@H](N)Cc1[c]cccc1. The minimum absolute atomic E-state index is 0.235. The Balaban J connectivity index is 2.59. The molecule has 1 atom stereocenters. The van der Waals surface area contributed by atoms with Crippen molar-refractivity contribution in [2.45, 2.75) is 19.4 Å². The second-order valence-corrected chi connectivity index (χ2v) is 2.57. The number of hydrogen-bond donors (Lipinski definition) is 1. The lowest BCUT2D eigenvalue weighted by Crippen LogP contribution is -2.17. The molecule has 1 heteroatoms. The zero-order valence-electron chi connectivity index (χ0n) is 6.17. The Bertz CT molecular complexity index is 179. The average Bonchev–Trinajstić information content (AvgIpc) is 1.88. The highest BCUT2D eigenvalue weighted by Crippen LogP contribution is 1.99. The van der Waals surface area contributed by atoms with Crippen molar-refractivity contribution in [2.24, 2.45) is 5.73 Å². The molecule has 1 aromatic rings. The summed E-state index contributed by atoms with van der Waals surface area (Å²) in [5, 5.41) is 0. The van der Waals surface area contributed by atoms with E-state index in [1.54, 1.807) is 0 Å². The Kier molecular flexibility index (Phi) is 2.46. The van der Waals surface area contributed by atoms with Crippen LogP contribution in [0.4, 0.5) is 0 Å². The van der Waals surface area contributed by atoms with Crippen LogP contribution >= 0.6 is 0 Å². The summed E-state index contributed by atoms with van der Waals surface area (Å²) < 4.78 is 0. The zero-order chi connectivity index (χ0) is 7.40. The van der Waals surface area contributed by atoms with Crippen molar-refractivity contribution in [1.82, 2.24) is 0 Å². The van der Waals surface area contributed by atoms with Crippen LogP contribution in [0.25, 0.3) is 0 Å². The van der Waals surface area contributed by atoms with Gasteiger partial charge in [0.1, 0.15) is 0 Å². The van der Waals surface area contributed by atoms with E-state index >= 15 is 0 Å². The van der Waals surface area contributed by atoms with Gasteiger partial charge in [0.15, 0.2) is 0 Å². The van der Waals surface area contributed by atoms with Crippen LogP contribution in [-0.2, 0) is 6.42 Å². The Morgan fingerprint density at radius 3 is 2.90 bits per heavy atom. The molecule has 0 amide bonds. The van der Waals surface area contributed by atoms with Gasteiger partial charge in [-0.2, -0.15) is 0 Å². The van der Waals surface area contributed by atoms with Crippen LogP contribution < -0.4 is 5.73 Å². The van der Waals surface area contributed by atoms with Crippen molar-refractivity contribution < 1.29 is 0 Å². The van der Waals surface area contributed by atoms with Crippen molar-refractivity contribution in [3.8, 4) is 0 Å². The van der Waals surface area contributed by atoms with Crippen LogP contribution in [0.15, 0.2) is 24.3 Å². The smallest absolute Gasteiger partial charge is 0.00511 e. The van der Waals surface area contributed by atoms with Crippen LogP contribution in [0.1, 0.15) is 12.5 Å². The number of benzene rings is 1. The van der Waals surface area contributed by atoms with Gasteiger partial charge in [-0.15, -0.1) is 0 Å². The number of hydrogen-bond acceptors (Lipinski definition) is 1. The molecule has 0 saturated carbocycles. The Morgan fingerprint density at radius 2 is 2.40 bits per heavy atom. The van der Waals surface area contributed by atoms with Crippen molar-refractivity contribution >= 4 is 0 Å². The highest BCUT2D eigenvalue weighted by atomic mass is 14.6. The maximum Gasteiger partial charge on any atom is 0.00511 e. The predicted octanol–water partition coefficient (Wildman–Crippen LogP) is 1.38. The fourth-order valence-corrected chi connectivity index (χ4v) is 0.904. The van der Waals surface area contributed by atoms with Gasteiger partial charge in [0.05, 0.1) is 0 Å². The molecule has 1 aromatic carbocycles. The monoisotopic (exact) mass is 134 g/mol. The van der Waals surface area contributed by atoms with Crippen LogP contribution in [0.3, 0.4) is 0 Å². The molecule has 1 rings (SSSR count). The maximum atomic E-state index is 5.60. The van der Waals surface area contributed by atoms with E-state index in [0.717, 1.165) is 6.42 Å². The summed E-state index contributed by atoms with van der Waals surface area (Å²) in [6, 6.07) is 11.3. The third-order valence-electron chi connectivity index (χ3n) is 1.32. The minimum atomic E-state index is 0.235. The van der Waals surface area contributed by atoms with Gasteiger partial charge in [-0.25, -0.2) is 0 Å². The molecular weight excluding hydrogens is 122 g/mol. The summed E-state index contributed by atoms with van der Waals surface area (Å²) in [4.78, 5) is 0. The summed E-state index contributed by atoms with van der Waals surface area (Å²) in [5.74, 6) is 0. The first-order chi connectivity index (χ1) is 4.79. The summed E-state index contributed by atoms with van der Waals surface area (Å²) in [6.07, 6.45) is 0.918. The van der Waals surface area contributed by atoms with Gasteiger partial charge in [-0.05, 0) is 25.0 Å². The second kappa shape index (κ2) is 3.37. The average molecular weight is 134 g/mol. The van der Waals surface area contributed by atoms with Crippen molar-refractivity contribution in [3.05, 3.63) is 35.9 Å². The van der Waals surface area contributed by atoms with Gasteiger partial charge in [0.2, 0.25) is 0 Å². The third kappa shape index (κ3) is 2.19. The normalized spacial score (nSPS) is 13.0. The lowest BCUT2D eigenvalue weighted by Gasteiger charge is -2.02. The van der Waals surface area contributed by atoms with Gasteiger partial charge >= 0.3 is 0 Å². The van der Waals surface area contributed by atoms with Crippen molar-refractivity contribution in [2.75, 3.05) is 0 Å². The van der Waals surface area contributed by atoms with Crippen LogP contribution in [-0.4, -0.2) is 6.04 Å². The summed E-state index contributed by atoms with van der Waals surface area (Å²) in [6.45, 7) is 2.00. The van der Waals surface area contributed by atoms with E-state index < -0.39 is 0 Å². The molecule has 0 heterocycles. The molecule has 1 nitrogen and oxygen atoms in total. The van der Waals surface area contributed by atoms with E-state index in [2.05, 4.69) is 6.07 Å². The third-order valence-corrected chi connectivity index (χ3v) is 1.32. The Hall–Kier alpha value is -0.820. The van der Waals surface area contributed by atoms with Gasteiger partial charge in [-0.1, -0.05) is 24.3 Å². The molecule has 2 N–H and O–H groups in total. The molecule has 0 aliphatic carbocycles. The molecule has 0 spiro atoms. The van der Waals surface area contributed by atoms with Crippen molar-refractivity contribution in [1.29, 1.82) is 0 Å². The lowest BCUT2D eigenvalue weighted by atomic mass is 10.1.